The van der Waals surface area contributed by atoms with Crippen molar-refractivity contribution in [1.82, 2.24) is 0 Å². The lowest BCUT2D eigenvalue weighted by molar-refractivity contribution is -0.340. The van der Waals surface area contributed by atoms with E-state index in [2.05, 4.69) is 0 Å². The monoisotopic (exact) mass is 224 g/mol. The molecule has 0 atom stereocenters. The van der Waals surface area contributed by atoms with Crippen molar-refractivity contribution in [3.05, 3.63) is 12.2 Å². The van der Waals surface area contributed by atoms with E-state index >= 15 is 0 Å². The summed E-state index contributed by atoms with van der Waals surface area (Å²) in [6.07, 6.45) is -12.3. The highest BCUT2D eigenvalue weighted by atomic mass is 19.4. The van der Waals surface area contributed by atoms with Crippen LogP contribution in [-0.2, 0) is 0 Å². The van der Waals surface area contributed by atoms with Gasteiger partial charge in [0.2, 0.25) is 0 Å². The van der Waals surface area contributed by atoms with Crippen LogP contribution in [-0.4, -0.2) is 18.0 Å². The van der Waals surface area contributed by atoms with Crippen LogP contribution in [0.15, 0.2) is 12.2 Å². The first kappa shape index (κ1) is 13.2. The number of allylic oxidation sites excluding steroid dienone is 2. The Hall–Kier alpha value is -0.750. The van der Waals surface area contributed by atoms with E-state index in [9.17, 15) is 30.7 Å². The number of rotatable bonds is 2. The molecule has 0 rings (SSSR count). The fraction of sp³-hybridized carbons (Fsp3) is 0.714. The molecule has 0 fully saturated rings. The van der Waals surface area contributed by atoms with Gasteiger partial charge in [-0.15, -0.1) is 0 Å². The van der Waals surface area contributed by atoms with Crippen LogP contribution in [0.4, 0.5) is 30.7 Å². The average Bonchev–Trinajstić information content (AvgIpc) is 1.95. The van der Waals surface area contributed by atoms with Crippen LogP contribution in [0, 0.1) is 0 Å². The zero-order chi connectivity index (χ0) is 11.6. The Labute approximate surface area is 75.4 Å². The second-order valence-corrected chi connectivity index (χ2v) is 2.57. The van der Waals surface area contributed by atoms with Crippen molar-refractivity contribution in [3.63, 3.8) is 0 Å². The van der Waals surface area contributed by atoms with Gasteiger partial charge in [0.1, 0.15) is 0 Å². The summed E-state index contributed by atoms with van der Waals surface area (Å²) < 4.78 is 83.5. The third kappa shape index (κ3) is 2.39. The van der Waals surface area contributed by atoms with E-state index in [1.54, 1.807) is 0 Å². The molecule has 0 saturated carbocycles. The van der Waals surface area contributed by atoms with E-state index in [1.165, 1.54) is 6.92 Å². The van der Waals surface area contributed by atoms with Crippen LogP contribution in [0.2, 0.25) is 0 Å². The lowest BCUT2D eigenvalue weighted by Crippen LogP contribution is -2.52. The smallest absolute Gasteiger partial charge is 0.223 e. The maximum Gasteiger partial charge on any atom is 0.431 e. The summed E-state index contributed by atoms with van der Waals surface area (Å²) in [5, 5.41) is 0. The molecule has 0 amide bonds. The zero-order valence-corrected chi connectivity index (χ0v) is 7.01. The van der Waals surface area contributed by atoms with Gasteiger partial charge >= 0.3 is 18.0 Å². The molecule has 0 unspecified atom stereocenters. The van der Waals surface area contributed by atoms with Gasteiger partial charge in [0.15, 0.2) is 0 Å². The molecule has 14 heavy (non-hydrogen) atoms. The van der Waals surface area contributed by atoms with E-state index in [0.717, 1.165) is 6.08 Å². The van der Waals surface area contributed by atoms with Gasteiger partial charge in [-0.3, -0.25) is 0 Å². The Morgan fingerprint density at radius 2 is 1.21 bits per heavy atom. The van der Waals surface area contributed by atoms with Crippen LogP contribution >= 0.6 is 0 Å². The van der Waals surface area contributed by atoms with Gasteiger partial charge in [-0.25, -0.2) is 4.39 Å². The third-order valence-corrected chi connectivity index (χ3v) is 1.53. The van der Waals surface area contributed by atoms with Crippen LogP contribution in [0.3, 0.4) is 0 Å². The topological polar surface area (TPSA) is 0 Å². The summed E-state index contributed by atoms with van der Waals surface area (Å²) in [6, 6.07) is 0. The zero-order valence-electron chi connectivity index (χ0n) is 7.01. The Morgan fingerprint density at radius 1 is 0.857 bits per heavy atom. The largest absolute Gasteiger partial charge is 0.431 e. The summed E-state index contributed by atoms with van der Waals surface area (Å²) in [6.45, 7) is 1.20. The minimum absolute atomic E-state index is 0.487. The van der Waals surface area contributed by atoms with Gasteiger partial charge in [-0.05, 0) is 6.92 Å². The quantitative estimate of drug-likeness (QED) is 0.494. The fourth-order valence-corrected chi connectivity index (χ4v) is 0.672. The maximum absolute atomic E-state index is 12.7. The highest BCUT2D eigenvalue weighted by Crippen LogP contribution is 2.48. The van der Waals surface area contributed by atoms with Gasteiger partial charge in [-0.1, -0.05) is 12.2 Å². The van der Waals surface area contributed by atoms with Gasteiger partial charge in [-0.2, -0.15) is 26.3 Å². The standard InChI is InChI=1S/C7H7F7/c1-2-3-4-5(8,6(9,10)11)7(12,13)14/h2-3H,4H2,1H3. The predicted molar refractivity (Wildman–Crippen MR) is 35.4 cm³/mol. The van der Waals surface area contributed by atoms with Crippen molar-refractivity contribution >= 4 is 0 Å². The average molecular weight is 224 g/mol. The molecule has 0 aromatic rings. The number of hydrogen-bond acceptors (Lipinski definition) is 0. The van der Waals surface area contributed by atoms with Gasteiger partial charge in [0, 0.05) is 6.42 Å². The molecule has 0 N–H and O–H groups in total. The summed E-state index contributed by atoms with van der Waals surface area (Å²) in [7, 11) is 0. The van der Waals surface area contributed by atoms with Crippen molar-refractivity contribution in [2.75, 3.05) is 0 Å². The molecule has 0 nitrogen and oxygen atoms in total. The molecule has 84 valence electrons. The molecule has 0 heterocycles. The molecular weight excluding hydrogens is 217 g/mol. The second kappa shape index (κ2) is 3.78. The Balaban J connectivity index is 5.07. The van der Waals surface area contributed by atoms with Crippen molar-refractivity contribution in [2.24, 2.45) is 0 Å². The van der Waals surface area contributed by atoms with E-state index in [-0.39, 0.29) is 0 Å². The van der Waals surface area contributed by atoms with Crippen LogP contribution < -0.4 is 0 Å². The Morgan fingerprint density at radius 3 is 1.43 bits per heavy atom. The normalized spacial score (nSPS) is 15.1. The van der Waals surface area contributed by atoms with Gasteiger partial charge in [0.05, 0.1) is 0 Å². The predicted octanol–water partition coefficient (Wildman–Crippen LogP) is 3.79. The number of hydrogen-bond donors (Lipinski definition) is 0. The van der Waals surface area contributed by atoms with Crippen molar-refractivity contribution in [1.29, 1.82) is 0 Å². The van der Waals surface area contributed by atoms with Crippen molar-refractivity contribution < 1.29 is 30.7 Å². The molecule has 0 radical (unpaired) electrons. The third-order valence-electron chi connectivity index (χ3n) is 1.53. The first-order chi connectivity index (χ1) is 6.06. The maximum atomic E-state index is 12.7. The molecule has 0 bridgehead atoms. The van der Waals surface area contributed by atoms with Crippen molar-refractivity contribution in [2.45, 2.75) is 31.4 Å². The van der Waals surface area contributed by atoms with E-state index in [0.29, 0.717) is 6.08 Å². The summed E-state index contributed by atoms with van der Waals surface area (Å²) in [5.74, 6) is 0. The lowest BCUT2D eigenvalue weighted by Gasteiger charge is -2.28. The van der Waals surface area contributed by atoms with Gasteiger partial charge < -0.3 is 0 Å². The highest BCUT2D eigenvalue weighted by Gasteiger charge is 2.71. The fourth-order valence-electron chi connectivity index (χ4n) is 0.672. The Kier molecular flexibility index (Phi) is 3.58. The first-order valence-corrected chi connectivity index (χ1v) is 3.50. The molecular formula is C7H7F7. The van der Waals surface area contributed by atoms with E-state index in [4.69, 9.17) is 0 Å². The molecule has 0 aromatic heterocycles. The Bertz CT molecular complexity index is 195. The number of halogens is 7. The van der Waals surface area contributed by atoms with Crippen LogP contribution in [0.25, 0.3) is 0 Å². The second-order valence-electron chi connectivity index (χ2n) is 2.57. The number of alkyl halides is 7. The minimum atomic E-state index is -5.95. The molecule has 0 spiro atoms. The molecule has 0 aliphatic heterocycles. The summed E-state index contributed by atoms with van der Waals surface area (Å²) >= 11 is 0. The van der Waals surface area contributed by atoms with Crippen LogP contribution in [0.5, 0.6) is 0 Å². The SMILES string of the molecule is CC=CCC(F)(C(F)(F)F)C(F)(F)F. The highest BCUT2D eigenvalue weighted by molar-refractivity contribution is 5.00. The van der Waals surface area contributed by atoms with Crippen LogP contribution in [0.1, 0.15) is 13.3 Å². The van der Waals surface area contributed by atoms with E-state index in [1.807, 2.05) is 0 Å². The van der Waals surface area contributed by atoms with E-state index < -0.39 is 24.4 Å². The molecule has 0 aliphatic rings. The van der Waals surface area contributed by atoms with Gasteiger partial charge in [0.25, 0.3) is 0 Å². The summed E-state index contributed by atoms with van der Waals surface area (Å²) in [5.41, 5.74) is -5.16. The molecule has 7 heteroatoms. The minimum Gasteiger partial charge on any atom is -0.223 e. The first-order valence-electron chi connectivity index (χ1n) is 3.50. The molecule has 0 saturated heterocycles. The summed E-state index contributed by atoms with van der Waals surface area (Å²) in [4.78, 5) is 0. The lowest BCUT2D eigenvalue weighted by atomic mass is 10.0. The van der Waals surface area contributed by atoms with Crippen molar-refractivity contribution in [3.8, 4) is 0 Å². The molecule has 0 aliphatic carbocycles. The molecule has 0 aromatic carbocycles.